The van der Waals surface area contributed by atoms with Crippen molar-refractivity contribution in [2.24, 2.45) is 0 Å². The highest BCUT2D eigenvalue weighted by Gasteiger charge is 2.20. The van der Waals surface area contributed by atoms with E-state index in [0.717, 1.165) is 41.6 Å². The molecule has 0 saturated carbocycles. The summed E-state index contributed by atoms with van der Waals surface area (Å²) in [5.74, 6) is 6.27. The highest BCUT2D eigenvalue weighted by molar-refractivity contribution is 5.95. The molecule has 1 heterocycles. The minimum absolute atomic E-state index is 0.0517. The number of rotatable bonds is 9. The summed E-state index contributed by atoms with van der Waals surface area (Å²) in [5.41, 5.74) is 3.54. The lowest BCUT2D eigenvalue weighted by molar-refractivity contribution is -0.121. The zero-order valence-electron chi connectivity index (χ0n) is 17.1. The van der Waals surface area contributed by atoms with Crippen molar-refractivity contribution in [2.45, 2.75) is 45.1 Å². The van der Waals surface area contributed by atoms with Crippen LogP contribution in [-0.2, 0) is 16.1 Å². The molecule has 0 unspecified atom stereocenters. The van der Waals surface area contributed by atoms with E-state index >= 15 is 0 Å². The Morgan fingerprint density at radius 2 is 1.60 bits per heavy atom. The van der Waals surface area contributed by atoms with Crippen molar-refractivity contribution in [3.8, 4) is 11.8 Å². The van der Waals surface area contributed by atoms with Crippen molar-refractivity contribution < 1.29 is 14.0 Å². The largest absolute Gasteiger partial charge is 0.356 e. The fraction of sp³-hybridized carbons (Fsp3) is 0.360. The number of amides is 2. The molecule has 2 aromatic carbocycles. The SMILES string of the molecule is O=C(CCCCCCF)NCCC(=O)N1Cc2ccccc2C#Cc2ccccc21. The summed E-state index contributed by atoms with van der Waals surface area (Å²) in [6.45, 7) is 0.446. The van der Waals surface area contributed by atoms with Crippen LogP contribution < -0.4 is 10.2 Å². The van der Waals surface area contributed by atoms with Gasteiger partial charge in [0.05, 0.1) is 18.9 Å². The maximum Gasteiger partial charge on any atom is 0.229 e. The Morgan fingerprint density at radius 1 is 0.900 bits per heavy atom. The normalized spacial score (nSPS) is 12.0. The molecule has 5 heteroatoms. The Labute approximate surface area is 177 Å². The lowest BCUT2D eigenvalue weighted by Gasteiger charge is -2.26. The van der Waals surface area contributed by atoms with Crippen molar-refractivity contribution in [1.82, 2.24) is 5.32 Å². The molecule has 4 nitrogen and oxygen atoms in total. The number of fused-ring (bicyclic) bond motifs is 2. The first kappa shape index (κ1) is 21.6. The number of alkyl halides is 1. The fourth-order valence-corrected chi connectivity index (χ4v) is 3.47. The quantitative estimate of drug-likeness (QED) is 0.497. The molecule has 30 heavy (non-hydrogen) atoms. The number of para-hydroxylation sites is 1. The molecule has 0 fully saturated rings. The second-order valence-corrected chi connectivity index (χ2v) is 7.36. The van der Waals surface area contributed by atoms with Gasteiger partial charge in [0, 0.05) is 30.5 Å². The van der Waals surface area contributed by atoms with Crippen molar-refractivity contribution in [2.75, 3.05) is 18.1 Å². The zero-order chi connectivity index (χ0) is 21.2. The monoisotopic (exact) mass is 406 g/mol. The number of carbonyl (C=O) groups is 2. The van der Waals surface area contributed by atoms with E-state index < -0.39 is 0 Å². The van der Waals surface area contributed by atoms with Crippen LogP contribution in [0.15, 0.2) is 48.5 Å². The van der Waals surface area contributed by atoms with Gasteiger partial charge in [-0.3, -0.25) is 14.0 Å². The van der Waals surface area contributed by atoms with E-state index in [1.807, 2.05) is 48.5 Å². The van der Waals surface area contributed by atoms with Crippen molar-refractivity contribution >= 4 is 17.5 Å². The third-order valence-electron chi connectivity index (χ3n) is 5.12. The number of nitrogens with zero attached hydrogens (tertiary/aromatic N) is 1. The van der Waals surface area contributed by atoms with Crippen LogP contribution in [0.1, 0.15) is 55.2 Å². The summed E-state index contributed by atoms with van der Waals surface area (Å²) in [7, 11) is 0. The minimum atomic E-state index is -0.302. The number of hydrogen-bond donors (Lipinski definition) is 1. The van der Waals surface area contributed by atoms with Crippen LogP contribution in [0.5, 0.6) is 0 Å². The molecule has 2 amide bonds. The average molecular weight is 407 g/mol. The van der Waals surface area contributed by atoms with Gasteiger partial charge in [-0.25, -0.2) is 0 Å². The molecule has 0 aromatic heterocycles. The van der Waals surface area contributed by atoms with Gasteiger partial charge < -0.3 is 10.2 Å². The van der Waals surface area contributed by atoms with Gasteiger partial charge in [0.25, 0.3) is 0 Å². The van der Waals surface area contributed by atoms with Crippen LogP contribution in [0.2, 0.25) is 0 Å². The smallest absolute Gasteiger partial charge is 0.229 e. The molecular formula is C25H27FN2O2. The van der Waals surface area contributed by atoms with Crippen LogP contribution >= 0.6 is 0 Å². The predicted molar refractivity (Wildman–Crippen MR) is 117 cm³/mol. The summed E-state index contributed by atoms with van der Waals surface area (Å²) in [4.78, 5) is 26.8. The van der Waals surface area contributed by atoms with Crippen LogP contribution in [-0.4, -0.2) is 25.0 Å². The fourth-order valence-electron chi connectivity index (χ4n) is 3.47. The lowest BCUT2D eigenvalue weighted by atomic mass is 10.0. The molecular weight excluding hydrogens is 379 g/mol. The van der Waals surface area contributed by atoms with E-state index in [1.54, 1.807) is 4.90 Å². The van der Waals surface area contributed by atoms with Gasteiger partial charge in [0.15, 0.2) is 0 Å². The van der Waals surface area contributed by atoms with Gasteiger partial charge in [-0.15, -0.1) is 0 Å². The molecule has 0 radical (unpaired) electrons. The highest BCUT2D eigenvalue weighted by Crippen LogP contribution is 2.25. The first-order chi connectivity index (χ1) is 14.7. The van der Waals surface area contributed by atoms with E-state index in [9.17, 15) is 14.0 Å². The number of hydrogen-bond acceptors (Lipinski definition) is 2. The zero-order valence-corrected chi connectivity index (χ0v) is 17.1. The number of benzene rings is 2. The number of anilines is 1. The number of nitrogens with one attached hydrogen (secondary N) is 1. The molecule has 0 saturated heterocycles. The Balaban J connectivity index is 1.60. The number of halogens is 1. The minimum Gasteiger partial charge on any atom is -0.356 e. The molecule has 0 spiro atoms. The summed E-state index contributed by atoms with van der Waals surface area (Å²) >= 11 is 0. The summed E-state index contributed by atoms with van der Waals surface area (Å²) in [6.07, 6.45) is 3.59. The van der Waals surface area contributed by atoms with Gasteiger partial charge in [0.1, 0.15) is 0 Å². The van der Waals surface area contributed by atoms with Crippen LogP contribution in [0.4, 0.5) is 10.1 Å². The van der Waals surface area contributed by atoms with Gasteiger partial charge >= 0.3 is 0 Å². The predicted octanol–water partition coefficient (Wildman–Crippen LogP) is 4.36. The van der Waals surface area contributed by atoms with E-state index in [0.29, 0.717) is 25.9 Å². The van der Waals surface area contributed by atoms with Crippen molar-refractivity contribution in [3.05, 3.63) is 65.2 Å². The Morgan fingerprint density at radius 3 is 2.43 bits per heavy atom. The molecule has 0 aliphatic carbocycles. The van der Waals surface area contributed by atoms with Gasteiger partial charge in [0.2, 0.25) is 11.8 Å². The highest BCUT2D eigenvalue weighted by atomic mass is 19.1. The van der Waals surface area contributed by atoms with Crippen LogP contribution in [0.25, 0.3) is 0 Å². The van der Waals surface area contributed by atoms with Crippen molar-refractivity contribution in [3.63, 3.8) is 0 Å². The van der Waals surface area contributed by atoms with Gasteiger partial charge in [-0.05, 0) is 36.6 Å². The lowest BCUT2D eigenvalue weighted by Crippen LogP contribution is -2.35. The summed E-state index contributed by atoms with van der Waals surface area (Å²) in [6, 6.07) is 15.5. The Bertz CT molecular complexity index is 945. The molecule has 0 bridgehead atoms. The van der Waals surface area contributed by atoms with Crippen LogP contribution in [0, 0.1) is 11.8 Å². The molecule has 2 aromatic rings. The summed E-state index contributed by atoms with van der Waals surface area (Å²) < 4.78 is 12.1. The van der Waals surface area contributed by atoms with Gasteiger partial charge in [-0.2, -0.15) is 0 Å². The average Bonchev–Trinajstić information content (AvgIpc) is 2.75. The molecule has 3 rings (SSSR count). The molecule has 1 N–H and O–H groups in total. The number of carbonyl (C=O) groups excluding carboxylic acids is 2. The molecule has 1 aliphatic rings. The Hall–Kier alpha value is -3.13. The maximum absolute atomic E-state index is 13.0. The molecule has 156 valence electrons. The first-order valence-corrected chi connectivity index (χ1v) is 10.5. The molecule has 1 aliphatic heterocycles. The topological polar surface area (TPSA) is 49.4 Å². The third kappa shape index (κ3) is 5.93. The first-order valence-electron chi connectivity index (χ1n) is 10.5. The van der Waals surface area contributed by atoms with E-state index in [2.05, 4.69) is 17.2 Å². The third-order valence-corrected chi connectivity index (χ3v) is 5.12. The van der Waals surface area contributed by atoms with E-state index in [4.69, 9.17) is 0 Å². The van der Waals surface area contributed by atoms with Crippen molar-refractivity contribution in [1.29, 1.82) is 0 Å². The van der Waals surface area contributed by atoms with E-state index in [-0.39, 0.29) is 24.9 Å². The standard InChI is InChI=1S/C25H27FN2O2/c26-17-8-2-1-3-13-24(29)27-18-16-25(30)28-19-22-11-5-4-9-20(22)14-15-21-10-6-7-12-23(21)28/h4-7,9-12H,1-3,8,13,16-19H2,(H,27,29). The second kappa shape index (κ2) is 11.2. The van der Waals surface area contributed by atoms with Crippen LogP contribution in [0.3, 0.4) is 0 Å². The van der Waals surface area contributed by atoms with Gasteiger partial charge in [-0.1, -0.05) is 55.0 Å². The second-order valence-electron chi connectivity index (χ2n) is 7.36. The summed E-state index contributed by atoms with van der Waals surface area (Å²) in [5, 5.41) is 2.83. The Kier molecular flexibility index (Phi) is 8.02. The van der Waals surface area contributed by atoms with E-state index in [1.165, 1.54) is 0 Å². The maximum atomic E-state index is 13.0. The number of unbranched alkanes of at least 4 members (excludes halogenated alkanes) is 3. The molecule has 0 atom stereocenters.